The fourth-order valence-corrected chi connectivity index (χ4v) is 9.17. The van der Waals surface area contributed by atoms with Crippen molar-refractivity contribution < 1.29 is 0 Å². The first kappa shape index (κ1) is 17.5. The van der Waals surface area contributed by atoms with Crippen LogP contribution in [0.1, 0.15) is 39.3 Å². The molecule has 0 radical (unpaired) electrons. The third-order valence-electron chi connectivity index (χ3n) is 6.94. The van der Waals surface area contributed by atoms with E-state index in [2.05, 4.69) is 115 Å². The van der Waals surface area contributed by atoms with E-state index in [-0.39, 0.29) is 19.3 Å². The van der Waals surface area contributed by atoms with E-state index in [1.807, 2.05) is 0 Å². The molecule has 31 heavy (non-hydrogen) atoms. The minimum atomic E-state index is -0.0364. The predicted molar refractivity (Wildman–Crippen MR) is 129 cm³/mol. The van der Waals surface area contributed by atoms with Crippen molar-refractivity contribution >= 4 is 25.0 Å². The Morgan fingerprint density at radius 3 is 1.68 bits per heavy atom. The van der Waals surface area contributed by atoms with Crippen LogP contribution in [-0.2, 0) is 4.31 Å². The zero-order chi connectivity index (χ0) is 20.4. The zero-order valence-electron chi connectivity index (χ0n) is 17.0. The molecule has 0 saturated carbocycles. The molecule has 1 heteroatoms. The van der Waals surface area contributed by atoms with Crippen molar-refractivity contribution in [2.45, 2.75) is 10.2 Å². The zero-order valence-corrected chi connectivity index (χ0v) is 18.7. The van der Waals surface area contributed by atoms with Gasteiger partial charge in [0.2, 0.25) is 0 Å². The summed E-state index contributed by atoms with van der Waals surface area (Å²) in [7, 11) is 0. The molecule has 0 saturated heterocycles. The molecule has 2 bridgehead atoms. The molecule has 0 nitrogen and oxygen atoms in total. The fourth-order valence-electron chi connectivity index (χ4n) is 5.75. The van der Waals surface area contributed by atoms with E-state index in [0.29, 0.717) is 5.92 Å². The van der Waals surface area contributed by atoms with Gasteiger partial charge in [-0.25, -0.2) is 0 Å². The summed E-state index contributed by atoms with van der Waals surface area (Å²) in [5.41, 5.74) is 11.8. The second-order valence-corrected chi connectivity index (χ2v) is 11.1. The van der Waals surface area contributed by atoms with Gasteiger partial charge in [0.1, 0.15) is 0 Å². The van der Waals surface area contributed by atoms with Gasteiger partial charge in [-0.05, 0) is 0 Å². The number of allylic oxidation sites excluding steroid dienone is 3. The maximum absolute atomic E-state index is 2.54. The summed E-state index contributed by atoms with van der Waals surface area (Å²) in [6, 6.07) is 40.5. The first-order valence-electron chi connectivity index (χ1n) is 10.8. The minimum absolute atomic E-state index is 0.0364. The Morgan fingerprint density at radius 2 is 1.06 bits per heavy atom. The Morgan fingerprint density at radius 1 is 0.548 bits per heavy atom. The van der Waals surface area contributed by atoms with Gasteiger partial charge in [0, 0.05) is 0 Å². The Labute approximate surface area is 189 Å². The van der Waals surface area contributed by atoms with Gasteiger partial charge in [-0.1, -0.05) is 0 Å². The molecule has 0 aromatic heterocycles. The van der Waals surface area contributed by atoms with Gasteiger partial charge in [-0.3, -0.25) is 0 Å². The average molecular weight is 459 g/mol. The molecule has 0 atom stereocenters. The molecule has 3 aliphatic carbocycles. The number of rotatable bonds is 2. The summed E-state index contributed by atoms with van der Waals surface area (Å²) < 4.78 is 1.47. The molecule has 0 N–H and O–H groups in total. The fraction of sp³-hybridized carbons (Fsp3) is 0.0667. The number of benzene rings is 4. The molecule has 0 fully saturated rings. The normalized spacial score (nSPS) is 22.6. The Kier molecular flexibility index (Phi) is 3.64. The van der Waals surface area contributed by atoms with E-state index >= 15 is 0 Å². The summed E-state index contributed by atoms with van der Waals surface area (Å²) in [5.74, 6) is 0.300. The molecule has 0 unspecified atom stereocenters. The number of hydrogen-bond acceptors (Lipinski definition) is 0. The van der Waals surface area contributed by atoms with Crippen LogP contribution in [0.3, 0.4) is 0 Å². The quantitative estimate of drug-likeness (QED) is 0.296. The summed E-state index contributed by atoms with van der Waals surface area (Å²) in [6.45, 7) is 0. The average Bonchev–Trinajstić information content (AvgIpc) is 3.27. The van der Waals surface area contributed by atoms with Crippen LogP contribution in [0.25, 0.3) is 10.0 Å². The van der Waals surface area contributed by atoms with E-state index in [1.54, 1.807) is 0 Å². The Balaban J connectivity index is 1.61. The molecular formula is C30H20Se. The van der Waals surface area contributed by atoms with Crippen LogP contribution in [0.2, 0.25) is 0 Å². The van der Waals surface area contributed by atoms with Crippen molar-refractivity contribution in [1.29, 1.82) is 0 Å². The van der Waals surface area contributed by atoms with Gasteiger partial charge in [0.05, 0.1) is 0 Å². The van der Waals surface area contributed by atoms with Crippen LogP contribution in [-0.4, -0.2) is 15.0 Å². The Hall–Kier alpha value is -3.12. The summed E-state index contributed by atoms with van der Waals surface area (Å²) >= 11 is 0.265. The maximum atomic E-state index is 2.54. The SMILES string of the molecule is C1=C(c2ccccc2)[Se]C23C1=C(c1ccccc1)C(c1ccccc12)c1ccccc13. The molecule has 1 aliphatic heterocycles. The molecule has 1 spiro atoms. The van der Waals surface area contributed by atoms with Gasteiger partial charge in [-0.15, -0.1) is 0 Å². The van der Waals surface area contributed by atoms with Crippen LogP contribution in [0.5, 0.6) is 0 Å². The predicted octanol–water partition coefficient (Wildman–Crippen LogP) is 6.60. The molecule has 146 valence electrons. The van der Waals surface area contributed by atoms with Crippen LogP contribution < -0.4 is 0 Å². The van der Waals surface area contributed by atoms with E-state index in [1.165, 1.54) is 49.0 Å². The summed E-state index contributed by atoms with van der Waals surface area (Å²) in [4.78, 5) is 0. The molecule has 4 aromatic rings. The summed E-state index contributed by atoms with van der Waals surface area (Å²) in [5, 5.41) is 0. The van der Waals surface area contributed by atoms with E-state index < -0.39 is 0 Å². The molecule has 0 amide bonds. The molecule has 4 aromatic carbocycles. The third kappa shape index (κ3) is 2.26. The van der Waals surface area contributed by atoms with Gasteiger partial charge in [0.25, 0.3) is 0 Å². The summed E-state index contributed by atoms with van der Waals surface area (Å²) in [6.07, 6.45) is 2.54. The first-order valence-corrected chi connectivity index (χ1v) is 12.5. The van der Waals surface area contributed by atoms with Crippen molar-refractivity contribution in [2.75, 3.05) is 0 Å². The van der Waals surface area contributed by atoms with Crippen molar-refractivity contribution in [2.24, 2.45) is 0 Å². The first-order chi connectivity index (χ1) is 15.4. The molecule has 1 heterocycles. The van der Waals surface area contributed by atoms with Crippen LogP contribution in [0.4, 0.5) is 0 Å². The van der Waals surface area contributed by atoms with Crippen molar-refractivity contribution in [3.05, 3.63) is 154 Å². The van der Waals surface area contributed by atoms with Gasteiger partial charge >= 0.3 is 189 Å². The van der Waals surface area contributed by atoms with Gasteiger partial charge in [-0.2, -0.15) is 0 Å². The second-order valence-electron chi connectivity index (χ2n) is 8.46. The van der Waals surface area contributed by atoms with Crippen LogP contribution in [0.15, 0.2) is 121 Å². The Bertz CT molecular complexity index is 1350. The molecule has 4 aliphatic rings. The second kappa shape index (κ2) is 6.44. The van der Waals surface area contributed by atoms with Gasteiger partial charge < -0.3 is 0 Å². The van der Waals surface area contributed by atoms with E-state index in [9.17, 15) is 0 Å². The van der Waals surface area contributed by atoms with Crippen molar-refractivity contribution in [1.82, 2.24) is 0 Å². The van der Waals surface area contributed by atoms with E-state index in [0.717, 1.165) is 0 Å². The third-order valence-corrected chi connectivity index (χ3v) is 10.2. The van der Waals surface area contributed by atoms with Crippen LogP contribution in [0, 0.1) is 0 Å². The van der Waals surface area contributed by atoms with Crippen molar-refractivity contribution in [3.63, 3.8) is 0 Å². The number of hydrogen-bond donors (Lipinski definition) is 0. The van der Waals surface area contributed by atoms with Gasteiger partial charge in [0.15, 0.2) is 0 Å². The molecule has 8 rings (SSSR count). The van der Waals surface area contributed by atoms with Crippen LogP contribution >= 0.6 is 0 Å². The molecular weight excluding hydrogens is 439 g/mol. The standard InChI is InChI=1S/C30H20Se/c1-3-11-20(12-4-1)27-19-26-28(21-13-5-2-6-14-21)29-22-15-7-9-17-24(22)30(26,31-27)25-18-10-8-16-23(25)29/h1-19,29H. The van der Waals surface area contributed by atoms with E-state index in [4.69, 9.17) is 0 Å². The topological polar surface area (TPSA) is 0 Å². The van der Waals surface area contributed by atoms with Crippen molar-refractivity contribution in [3.8, 4) is 0 Å². The monoisotopic (exact) mass is 460 g/mol.